The number of benzene rings is 2. The first-order valence-electron chi connectivity index (χ1n) is 9.30. The Morgan fingerprint density at radius 3 is 2.35 bits per heavy atom. The summed E-state index contributed by atoms with van der Waals surface area (Å²) in [6.45, 7) is 0.311. The molecule has 1 saturated heterocycles. The smallest absolute Gasteiger partial charge is 0.243 e. The van der Waals surface area contributed by atoms with E-state index in [0.717, 1.165) is 0 Å². The van der Waals surface area contributed by atoms with E-state index in [9.17, 15) is 21.6 Å². The summed E-state index contributed by atoms with van der Waals surface area (Å²) in [6, 6.07) is 9.65. The fourth-order valence-electron chi connectivity index (χ4n) is 3.30. The molecule has 0 radical (unpaired) electrons. The summed E-state index contributed by atoms with van der Waals surface area (Å²) in [4.78, 5) is 12.6. The van der Waals surface area contributed by atoms with Gasteiger partial charge in [0.2, 0.25) is 26.0 Å². The molecule has 0 spiro atoms. The number of carbonyl (C=O) groups is 1. The zero-order valence-corrected chi connectivity index (χ0v) is 19.0. The number of rotatable bonds is 6. The number of hydrogen-bond donors (Lipinski definition) is 2. The Kier molecular flexibility index (Phi) is 6.92. The predicted octanol–water partition coefficient (Wildman–Crippen LogP) is 2.04. The van der Waals surface area contributed by atoms with Crippen molar-refractivity contribution in [3.8, 4) is 5.75 Å². The maximum Gasteiger partial charge on any atom is 0.243 e. The number of primary sulfonamides is 1. The SMILES string of the molecule is COc1ccc(S(=O)(=O)N2CCC[C@H](C(=O)Nc3ccc(S(N)(=O)=O)cc3)C2)cc1Cl. The highest BCUT2D eigenvalue weighted by Crippen LogP contribution is 2.30. The Morgan fingerprint density at radius 2 is 1.77 bits per heavy atom. The summed E-state index contributed by atoms with van der Waals surface area (Å²) >= 11 is 6.07. The largest absolute Gasteiger partial charge is 0.495 e. The van der Waals surface area contributed by atoms with Gasteiger partial charge in [-0.3, -0.25) is 4.79 Å². The Hall–Kier alpha value is -2.18. The average Bonchev–Trinajstić information content (AvgIpc) is 2.73. The normalized spacial score (nSPS) is 17.8. The second-order valence-corrected chi connectivity index (χ2v) is 11.0. The fraction of sp³-hybridized carbons (Fsp3) is 0.316. The van der Waals surface area contributed by atoms with Gasteiger partial charge in [0, 0.05) is 18.8 Å². The summed E-state index contributed by atoms with van der Waals surface area (Å²) in [5.74, 6) is -0.545. The quantitative estimate of drug-likeness (QED) is 0.639. The van der Waals surface area contributed by atoms with Crippen molar-refractivity contribution in [1.82, 2.24) is 4.31 Å². The molecule has 31 heavy (non-hydrogen) atoms. The van der Waals surface area contributed by atoms with Crippen molar-refractivity contribution in [3.05, 3.63) is 47.5 Å². The van der Waals surface area contributed by atoms with Gasteiger partial charge in [0.05, 0.1) is 27.8 Å². The highest BCUT2D eigenvalue weighted by atomic mass is 35.5. The van der Waals surface area contributed by atoms with Crippen molar-refractivity contribution >= 4 is 43.2 Å². The third-order valence-corrected chi connectivity index (χ3v) is 8.05. The Labute approximate surface area is 186 Å². The number of sulfonamides is 2. The molecular formula is C19H22ClN3O6S2. The van der Waals surface area contributed by atoms with Gasteiger partial charge in [-0.15, -0.1) is 0 Å². The highest BCUT2D eigenvalue weighted by molar-refractivity contribution is 7.89. The van der Waals surface area contributed by atoms with E-state index in [4.69, 9.17) is 21.5 Å². The first kappa shape index (κ1) is 23.5. The minimum atomic E-state index is -3.84. The minimum Gasteiger partial charge on any atom is -0.495 e. The number of halogens is 1. The molecule has 0 aromatic heterocycles. The van der Waals surface area contributed by atoms with Crippen LogP contribution in [0.5, 0.6) is 5.75 Å². The van der Waals surface area contributed by atoms with E-state index in [1.807, 2.05) is 0 Å². The number of hydrogen-bond acceptors (Lipinski definition) is 6. The van der Waals surface area contributed by atoms with Gasteiger partial charge < -0.3 is 10.1 Å². The van der Waals surface area contributed by atoms with E-state index in [0.29, 0.717) is 30.8 Å². The molecule has 0 saturated carbocycles. The van der Waals surface area contributed by atoms with Crippen LogP contribution in [-0.2, 0) is 24.8 Å². The maximum atomic E-state index is 13.0. The lowest BCUT2D eigenvalue weighted by atomic mass is 9.99. The molecule has 0 unspecified atom stereocenters. The van der Waals surface area contributed by atoms with Crippen LogP contribution in [0, 0.1) is 5.92 Å². The van der Waals surface area contributed by atoms with E-state index in [2.05, 4.69) is 5.32 Å². The van der Waals surface area contributed by atoms with Crippen LogP contribution in [0.2, 0.25) is 5.02 Å². The van der Waals surface area contributed by atoms with Gasteiger partial charge in [-0.1, -0.05) is 11.6 Å². The first-order chi connectivity index (χ1) is 14.5. The van der Waals surface area contributed by atoms with Gasteiger partial charge in [-0.2, -0.15) is 4.31 Å². The lowest BCUT2D eigenvalue weighted by molar-refractivity contribution is -0.120. The monoisotopic (exact) mass is 487 g/mol. The van der Waals surface area contributed by atoms with Crippen molar-refractivity contribution in [3.63, 3.8) is 0 Å². The number of anilines is 1. The third-order valence-electron chi connectivity index (χ3n) is 4.97. The van der Waals surface area contributed by atoms with Crippen LogP contribution in [0.4, 0.5) is 5.69 Å². The standard InChI is InChI=1S/C19H22ClN3O6S2/c1-29-18-9-8-16(11-17(18)20)31(27,28)23-10-2-3-13(12-23)19(24)22-14-4-6-15(7-5-14)30(21,25)26/h4-9,11,13H,2-3,10,12H2,1H3,(H,22,24)(H2,21,25,26)/t13-/m0/s1. The number of piperidine rings is 1. The molecule has 3 N–H and O–H groups in total. The first-order valence-corrected chi connectivity index (χ1v) is 12.7. The zero-order chi connectivity index (χ0) is 22.8. The van der Waals surface area contributed by atoms with E-state index in [1.54, 1.807) is 0 Å². The molecule has 2 aromatic rings. The van der Waals surface area contributed by atoms with Crippen molar-refractivity contribution < 1.29 is 26.4 Å². The van der Waals surface area contributed by atoms with E-state index in [-0.39, 0.29) is 27.3 Å². The molecule has 3 rings (SSSR count). The average molecular weight is 488 g/mol. The van der Waals surface area contributed by atoms with Crippen LogP contribution >= 0.6 is 11.6 Å². The van der Waals surface area contributed by atoms with Crippen LogP contribution in [-0.4, -0.2) is 47.2 Å². The maximum absolute atomic E-state index is 13.0. The Bertz CT molecular complexity index is 1180. The number of ether oxygens (including phenoxy) is 1. The molecule has 9 nitrogen and oxygen atoms in total. The van der Waals surface area contributed by atoms with Crippen molar-refractivity contribution in [2.75, 3.05) is 25.5 Å². The second kappa shape index (κ2) is 9.13. The number of nitrogens with two attached hydrogens (primary N) is 1. The fourth-order valence-corrected chi connectivity index (χ4v) is 5.69. The summed E-state index contributed by atoms with van der Waals surface area (Å²) < 4.78 is 55.0. The third kappa shape index (κ3) is 5.36. The molecule has 1 fully saturated rings. The molecule has 1 aliphatic heterocycles. The number of nitrogens with zero attached hydrogens (tertiary/aromatic N) is 1. The van der Waals surface area contributed by atoms with E-state index < -0.39 is 26.0 Å². The summed E-state index contributed by atoms with van der Waals surface area (Å²) in [6.07, 6.45) is 1.04. The molecule has 1 amide bonds. The highest BCUT2D eigenvalue weighted by Gasteiger charge is 2.33. The molecular weight excluding hydrogens is 466 g/mol. The second-order valence-electron chi connectivity index (χ2n) is 7.06. The van der Waals surface area contributed by atoms with Gasteiger partial charge in [0.15, 0.2) is 0 Å². The van der Waals surface area contributed by atoms with Crippen LogP contribution in [0.3, 0.4) is 0 Å². The molecule has 0 aliphatic carbocycles. The number of methoxy groups -OCH3 is 1. The van der Waals surface area contributed by atoms with Crippen molar-refractivity contribution in [2.45, 2.75) is 22.6 Å². The number of amides is 1. The number of carbonyl (C=O) groups excluding carboxylic acids is 1. The van der Waals surface area contributed by atoms with Crippen LogP contribution < -0.4 is 15.2 Å². The van der Waals surface area contributed by atoms with Gasteiger partial charge in [-0.05, 0) is 55.3 Å². The van der Waals surface area contributed by atoms with Crippen LogP contribution in [0.1, 0.15) is 12.8 Å². The minimum absolute atomic E-state index is 0.0209. The summed E-state index contributed by atoms with van der Waals surface area (Å²) in [5, 5.41) is 7.93. The van der Waals surface area contributed by atoms with Gasteiger partial charge in [-0.25, -0.2) is 22.0 Å². The molecule has 12 heteroatoms. The van der Waals surface area contributed by atoms with E-state index in [1.165, 1.54) is 53.9 Å². The molecule has 1 aliphatic rings. The molecule has 1 heterocycles. The Balaban J connectivity index is 1.72. The topological polar surface area (TPSA) is 136 Å². The zero-order valence-electron chi connectivity index (χ0n) is 16.6. The van der Waals surface area contributed by atoms with Gasteiger partial charge in [0.25, 0.3) is 0 Å². The molecule has 0 bridgehead atoms. The van der Waals surface area contributed by atoms with Gasteiger partial charge >= 0.3 is 0 Å². The molecule has 2 aromatic carbocycles. The molecule has 168 valence electrons. The van der Waals surface area contributed by atoms with Crippen molar-refractivity contribution in [1.29, 1.82) is 0 Å². The molecule has 1 atom stereocenters. The van der Waals surface area contributed by atoms with E-state index >= 15 is 0 Å². The summed E-state index contributed by atoms with van der Waals surface area (Å²) in [7, 11) is -6.23. The predicted molar refractivity (Wildman–Crippen MR) is 116 cm³/mol. The lowest BCUT2D eigenvalue weighted by Crippen LogP contribution is -2.43. The summed E-state index contributed by atoms with van der Waals surface area (Å²) in [5.41, 5.74) is 0.388. The Morgan fingerprint density at radius 1 is 1.13 bits per heavy atom. The van der Waals surface area contributed by atoms with Crippen molar-refractivity contribution in [2.24, 2.45) is 11.1 Å². The van der Waals surface area contributed by atoms with Gasteiger partial charge in [0.1, 0.15) is 5.75 Å². The van der Waals surface area contributed by atoms with Crippen LogP contribution in [0.25, 0.3) is 0 Å². The number of nitrogens with one attached hydrogen (secondary N) is 1. The van der Waals surface area contributed by atoms with Crippen LogP contribution in [0.15, 0.2) is 52.3 Å². The lowest BCUT2D eigenvalue weighted by Gasteiger charge is -2.31.